The molecule has 0 spiro atoms. The Labute approximate surface area is 242 Å². The predicted octanol–water partition coefficient (Wildman–Crippen LogP) is 3.93. The van der Waals surface area contributed by atoms with Gasteiger partial charge in [-0.15, -0.1) is 0 Å². The molecule has 1 heterocycles. The van der Waals surface area contributed by atoms with E-state index < -0.39 is 11.8 Å². The SMILES string of the molecule is COc1cc(/C=N\NC(=O)C(=O)NCc2ccc3c(c2)OCO3)cc(Br)c1OCC(=O)Nc1ccc(C)c(Cl)c1. The Hall–Kier alpha value is -4.29. The number of nitrogens with one attached hydrogen (secondary N) is 3. The van der Waals surface area contributed by atoms with Gasteiger partial charge in [0.1, 0.15) is 0 Å². The Morgan fingerprint density at radius 3 is 2.65 bits per heavy atom. The van der Waals surface area contributed by atoms with Crippen LogP contribution in [0.15, 0.2) is 58.1 Å². The molecule has 208 valence electrons. The van der Waals surface area contributed by atoms with E-state index in [0.717, 1.165) is 11.1 Å². The van der Waals surface area contributed by atoms with Gasteiger partial charge < -0.3 is 29.6 Å². The third kappa shape index (κ3) is 7.42. The zero-order chi connectivity index (χ0) is 28.6. The first kappa shape index (κ1) is 28.7. The van der Waals surface area contributed by atoms with E-state index in [1.807, 2.05) is 6.92 Å². The van der Waals surface area contributed by atoms with Crippen molar-refractivity contribution in [1.29, 1.82) is 0 Å². The number of anilines is 1. The first-order valence-corrected chi connectivity index (χ1v) is 13.0. The van der Waals surface area contributed by atoms with Gasteiger partial charge in [-0.05, 0) is 75.9 Å². The number of benzene rings is 3. The Morgan fingerprint density at radius 2 is 1.88 bits per heavy atom. The third-order valence-electron chi connectivity index (χ3n) is 5.53. The van der Waals surface area contributed by atoms with E-state index in [1.165, 1.54) is 13.3 Å². The summed E-state index contributed by atoms with van der Waals surface area (Å²) in [6, 6.07) is 13.6. The van der Waals surface area contributed by atoms with Gasteiger partial charge in [-0.25, -0.2) is 5.43 Å². The third-order valence-corrected chi connectivity index (χ3v) is 6.53. The number of fused-ring (bicyclic) bond motifs is 1. The van der Waals surface area contributed by atoms with Crippen molar-refractivity contribution in [2.45, 2.75) is 13.5 Å². The Bertz CT molecular complexity index is 1480. The highest BCUT2D eigenvalue weighted by Crippen LogP contribution is 2.36. The lowest BCUT2D eigenvalue weighted by Crippen LogP contribution is -2.37. The van der Waals surface area contributed by atoms with Gasteiger partial charge in [0.05, 0.1) is 17.8 Å². The van der Waals surface area contributed by atoms with Gasteiger partial charge in [0.25, 0.3) is 5.91 Å². The molecule has 0 unspecified atom stereocenters. The van der Waals surface area contributed by atoms with Crippen LogP contribution in [0.25, 0.3) is 0 Å². The lowest BCUT2D eigenvalue weighted by Gasteiger charge is -2.13. The topological polar surface area (TPSA) is 137 Å². The number of methoxy groups -OCH3 is 1. The van der Waals surface area contributed by atoms with Gasteiger partial charge in [-0.2, -0.15) is 5.10 Å². The van der Waals surface area contributed by atoms with Gasteiger partial charge in [0, 0.05) is 17.3 Å². The molecular weight excluding hydrogens is 608 g/mol. The molecule has 0 atom stereocenters. The summed E-state index contributed by atoms with van der Waals surface area (Å²) >= 11 is 9.50. The number of halogens is 2. The second kappa shape index (κ2) is 13.2. The summed E-state index contributed by atoms with van der Waals surface area (Å²) in [7, 11) is 1.44. The number of carbonyl (C=O) groups excluding carboxylic acids is 3. The minimum absolute atomic E-state index is 0.120. The Balaban J connectivity index is 1.28. The van der Waals surface area contributed by atoms with Crippen LogP contribution in [0.2, 0.25) is 5.02 Å². The number of amides is 3. The van der Waals surface area contributed by atoms with Gasteiger partial charge >= 0.3 is 11.8 Å². The minimum Gasteiger partial charge on any atom is -0.493 e. The number of aryl methyl sites for hydroxylation is 1. The van der Waals surface area contributed by atoms with Crippen LogP contribution in [0.5, 0.6) is 23.0 Å². The number of ether oxygens (including phenoxy) is 4. The smallest absolute Gasteiger partial charge is 0.329 e. The fourth-order valence-corrected chi connectivity index (χ4v) is 4.24. The zero-order valence-electron chi connectivity index (χ0n) is 21.4. The molecule has 13 heteroatoms. The molecular formula is C27H24BrClN4O7. The largest absolute Gasteiger partial charge is 0.493 e. The molecule has 0 aliphatic carbocycles. The molecule has 0 aromatic heterocycles. The summed E-state index contributed by atoms with van der Waals surface area (Å²) in [5.41, 5.74) is 4.88. The monoisotopic (exact) mass is 630 g/mol. The van der Waals surface area contributed by atoms with E-state index in [1.54, 1.807) is 48.5 Å². The van der Waals surface area contributed by atoms with E-state index in [9.17, 15) is 14.4 Å². The number of rotatable bonds is 9. The molecule has 0 fully saturated rings. The van der Waals surface area contributed by atoms with Crippen LogP contribution in [0.3, 0.4) is 0 Å². The fourth-order valence-electron chi connectivity index (χ4n) is 3.49. The van der Waals surface area contributed by atoms with Crippen molar-refractivity contribution in [2.75, 3.05) is 25.8 Å². The van der Waals surface area contributed by atoms with Crippen LogP contribution in [0.4, 0.5) is 5.69 Å². The van der Waals surface area contributed by atoms with Gasteiger partial charge in [0.15, 0.2) is 29.6 Å². The van der Waals surface area contributed by atoms with Crippen LogP contribution in [0.1, 0.15) is 16.7 Å². The maximum atomic E-state index is 12.4. The highest BCUT2D eigenvalue weighted by molar-refractivity contribution is 9.10. The summed E-state index contributed by atoms with van der Waals surface area (Å²) in [6.45, 7) is 1.84. The molecule has 4 rings (SSSR count). The minimum atomic E-state index is -0.941. The molecule has 3 N–H and O–H groups in total. The Morgan fingerprint density at radius 1 is 1.07 bits per heavy atom. The first-order valence-electron chi connectivity index (χ1n) is 11.8. The zero-order valence-corrected chi connectivity index (χ0v) is 23.7. The van der Waals surface area contributed by atoms with Crippen molar-refractivity contribution in [3.05, 3.63) is 74.7 Å². The molecule has 0 radical (unpaired) electrons. The maximum absolute atomic E-state index is 12.4. The molecule has 0 saturated heterocycles. The Kier molecular flexibility index (Phi) is 9.46. The lowest BCUT2D eigenvalue weighted by atomic mass is 10.2. The van der Waals surface area contributed by atoms with Crippen LogP contribution < -0.4 is 35.0 Å². The average Bonchev–Trinajstić information content (AvgIpc) is 3.41. The second-order valence-corrected chi connectivity index (χ2v) is 9.67. The van der Waals surface area contributed by atoms with Crippen LogP contribution in [0, 0.1) is 6.92 Å². The van der Waals surface area contributed by atoms with Gasteiger partial charge in [-0.1, -0.05) is 23.7 Å². The molecule has 3 aromatic carbocycles. The summed E-state index contributed by atoms with van der Waals surface area (Å²) in [4.78, 5) is 36.6. The highest BCUT2D eigenvalue weighted by atomic mass is 79.9. The van der Waals surface area contributed by atoms with Crippen molar-refractivity contribution in [2.24, 2.45) is 5.10 Å². The van der Waals surface area contributed by atoms with Gasteiger partial charge in [-0.3, -0.25) is 14.4 Å². The maximum Gasteiger partial charge on any atom is 0.329 e. The second-order valence-electron chi connectivity index (χ2n) is 8.40. The molecule has 40 heavy (non-hydrogen) atoms. The van der Waals surface area contributed by atoms with E-state index >= 15 is 0 Å². The average molecular weight is 632 g/mol. The summed E-state index contributed by atoms with van der Waals surface area (Å²) < 4.78 is 22.1. The fraction of sp³-hybridized carbons (Fsp3) is 0.185. The molecule has 1 aliphatic rings. The van der Waals surface area contributed by atoms with Crippen molar-refractivity contribution in [3.8, 4) is 23.0 Å². The van der Waals surface area contributed by atoms with Crippen molar-refractivity contribution in [1.82, 2.24) is 10.7 Å². The lowest BCUT2D eigenvalue weighted by molar-refractivity contribution is -0.139. The standard InChI is InChI=1S/C27H24BrClN4O7/c1-15-3-5-18(10-20(15)29)32-24(34)13-38-25-19(28)7-17(9-23(25)37-2)12-31-33-27(36)26(35)30-11-16-4-6-21-22(8-16)40-14-39-21/h3-10,12H,11,13-14H2,1-2H3,(H,30,35)(H,32,34)(H,33,36)/b31-12-. The number of hydrogen-bond acceptors (Lipinski definition) is 8. The number of hydrogen-bond donors (Lipinski definition) is 3. The number of carbonyl (C=O) groups is 3. The van der Waals surface area contributed by atoms with E-state index in [2.05, 4.69) is 37.1 Å². The normalized spacial score (nSPS) is 11.7. The van der Waals surface area contributed by atoms with Gasteiger partial charge in [0.2, 0.25) is 6.79 Å². The molecule has 11 nitrogen and oxygen atoms in total. The van der Waals surface area contributed by atoms with E-state index in [-0.39, 0.29) is 25.9 Å². The predicted molar refractivity (Wildman–Crippen MR) is 151 cm³/mol. The van der Waals surface area contributed by atoms with E-state index in [0.29, 0.717) is 43.7 Å². The van der Waals surface area contributed by atoms with Crippen molar-refractivity contribution < 1.29 is 33.3 Å². The summed E-state index contributed by atoms with van der Waals surface area (Å²) in [5, 5.41) is 9.60. The van der Waals surface area contributed by atoms with Crippen LogP contribution in [-0.2, 0) is 20.9 Å². The van der Waals surface area contributed by atoms with Crippen LogP contribution in [-0.4, -0.2) is 44.4 Å². The molecule has 3 aromatic rings. The van der Waals surface area contributed by atoms with Crippen molar-refractivity contribution >= 4 is 57.2 Å². The summed E-state index contributed by atoms with van der Waals surface area (Å²) in [5.74, 6) is -0.376. The molecule has 1 aliphatic heterocycles. The quantitative estimate of drug-likeness (QED) is 0.185. The number of hydrazone groups is 1. The highest BCUT2D eigenvalue weighted by Gasteiger charge is 2.17. The van der Waals surface area contributed by atoms with Crippen LogP contribution >= 0.6 is 27.5 Å². The number of nitrogens with zero attached hydrogens (tertiary/aromatic N) is 1. The molecule has 0 bridgehead atoms. The molecule has 3 amide bonds. The van der Waals surface area contributed by atoms with E-state index in [4.69, 9.17) is 30.5 Å². The summed E-state index contributed by atoms with van der Waals surface area (Å²) in [6.07, 6.45) is 1.33. The molecule has 0 saturated carbocycles. The first-order chi connectivity index (χ1) is 19.2. The van der Waals surface area contributed by atoms with Crippen molar-refractivity contribution in [3.63, 3.8) is 0 Å².